The standard InChI is InChI=1S/C20H24N6O2S.CH2O2/c1-13-12-28-10-9-26(13)17-11-16(20(5-6-20)29(2,21)27)24-19(25-17)15-4-8-23-18-14(15)3-7-22-18;2-1-3/h3-4,7-8,11,13,21H,5-6,9-10,12H2,1-2H3,(H,22,23);1H,(H,2,3)/t13-,29?;/m1./s1. The number of morpholine rings is 1. The van der Waals surface area contributed by atoms with Crippen molar-refractivity contribution in [1.29, 1.82) is 4.78 Å². The molecule has 4 heterocycles. The van der Waals surface area contributed by atoms with Gasteiger partial charge in [-0.2, -0.15) is 0 Å². The molecule has 0 aromatic carbocycles. The molecule has 0 spiro atoms. The SMILES string of the molecule is C[C@@H]1COCCN1c1cc(C2(S(C)(=N)=O)CC2)nc(-c2ccnc3[nH]ccc23)n1.O=CO. The topological polar surface area (TPSA) is 145 Å². The molecule has 170 valence electrons. The highest BCUT2D eigenvalue weighted by molar-refractivity contribution is 7.92. The van der Waals surface area contributed by atoms with E-state index < -0.39 is 14.5 Å². The van der Waals surface area contributed by atoms with Crippen molar-refractivity contribution < 1.29 is 18.8 Å². The lowest BCUT2D eigenvalue weighted by molar-refractivity contribution is -0.122. The van der Waals surface area contributed by atoms with E-state index >= 15 is 0 Å². The molecule has 3 N–H and O–H groups in total. The van der Waals surface area contributed by atoms with Crippen LogP contribution < -0.4 is 4.90 Å². The van der Waals surface area contributed by atoms with E-state index in [1.54, 1.807) is 6.20 Å². The van der Waals surface area contributed by atoms with E-state index in [0.717, 1.165) is 41.8 Å². The quantitative estimate of drug-likeness (QED) is 0.506. The summed E-state index contributed by atoms with van der Waals surface area (Å²) in [6.07, 6.45) is 6.55. The van der Waals surface area contributed by atoms with E-state index in [1.807, 2.05) is 24.4 Å². The summed E-state index contributed by atoms with van der Waals surface area (Å²) in [4.78, 5) is 27.8. The fourth-order valence-electron chi connectivity index (χ4n) is 4.12. The minimum Gasteiger partial charge on any atom is -0.483 e. The number of pyridine rings is 1. The van der Waals surface area contributed by atoms with Gasteiger partial charge in [-0.1, -0.05) is 0 Å². The Morgan fingerprint density at radius 3 is 2.78 bits per heavy atom. The summed E-state index contributed by atoms with van der Waals surface area (Å²) < 4.78 is 26.0. The molecule has 2 fully saturated rings. The number of carbonyl (C=O) groups is 1. The zero-order chi connectivity index (χ0) is 22.9. The van der Waals surface area contributed by atoms with E-state index in [0.29, 0.717) is 24.7 Å². The third kappa shape index (κ3) is 3.93. The maximum Gasteiger partial charge on any atom is 0.290 e. The Kier molecular flexibility index (Phi) is 5.87. The highest BCUT2D eigenvalue weighted by atomic mass is 32.2. The highest BCUT2D eigenvalue weighted by Gasteiger charge is 2.53. The van der Waals surface area contributed by atoms with Crippen molar-refractivity contribution in [1.82, 2.24) is 19.9 Å². The first-order valence-corrected chi connectivity index (χ1v) is 12.2. The van der Waals surface area contributed by atoms with Gasteiger partial charge < -0.3 is 19.7 Å². The highest BCUT2D eigenvalue weighted by Crippen LogP contribution is 2.52. The van der Waals surface area contributed by atoms with E-state index in [-0.39, 0.29) is 12.5 Å². The second-order valence-electron chi connectivity index (χ2n) is 8.09. The Hall–Kier alpha value is -3.05. The molecule has 10 nitrogen and oxygen atoms in total. The molecule has 3 aromatic heterocycles. The van der Waals surface area contributed by atoms with Gasteiger partial charge in [0.2, 0.25) is 0 Å². The molecule has 5 rings (SSSR count). The van der Waals surface area contributed by atoms with Crippen molar-refractivity contribution >= 4 is 33.1 Å². The van der Waals surface area contributed by atoms with E-state index in [4.69, 9.17) is 29.4 Å². The molecule has 0 radical (unpaired) electrons. The van der Waals surface area contributed by atoms with Crippen molar-refractivity contribution in [2.24, 2.45) is 0 Å². The summed E-state index contributed by atoms with van der Waals surface area (Å²) in [7, 11) is -2.79. The van der Waals surface area contributed by atoms with Crippen LogP contribution in [0.4, 0.5) is 5.82 Å². The summed E-state index contributed by atoms with van der Waals surface area (Å²) in [5, 5.41) is 7.83. The van der Waals surface area contributed by atoms with Crippen molar-refractivity contribution in [2.45, 2.75) is 30.6 Å². The molecule has 2 aliphatic rings. The summed E-state index contributed by atoms with van der Waals surface area (Å²) in [6.45, 7) is 3.88. The van der Waals surface area contributed by atoms with E-state index in [9.17, 15) is 4.21 Å². The fourth-order valence-corrected chi connectivity index (χ4v) is 5.50. The van der Waals surface area contributed by atoms with Gasteiger partial charge in [0, 0.05) is 42.2 Å². The predicted molar refractivity (Wildman–Crippen MR) is 121 cm³/mol. The molecule has 0 bridgehead atoms. The second kappa shape index (κ2) is 8.47. The van der Waals surface area contributed by atoms with Crippen LogP contribution in [0.5, 0.6) is 0 Å². The van der Waals surface area contributed by atoms with Gasteiger partial charge in [-0.3, -0.25) is 9.57 Å². The Morgan fingerprint density at radius 1 is 1.38 bits per heavy atom. The van der Waals surface area contributed by atoms with Gasteiger partial charge in [0.25, 0.3) is 6.47 Å². The summed E-state index contributed by atoms with van der Waals surface area (Å²) >= 11 is 0. The monoisotopic (exact) mass is 458 g/mol. The number of anilines is 1. The summed E-state index contributed by atoms with van der Waals surface area (Å²) in [5.41, 5.74) is 2.36. The third-order valence-electron chi connectivity index (χ3n) is 5.99. The number of hydrogen-bond donors (Lipinski definition) is 3. The Labute approximate surface area is 186 Å². The average molecular weight is 459 g/mol. The number of aromatic amines is 1. The number of nitrogens with zero attached hydrogens (tertiary/aromatic N) is 4. The lowest BCUT2D eigenvalue weighted by Gasteiger charge is -2.35. The first-order chi connectivity index (χ1) is 15.3. The first kappa shape index (κ1) is 22.2. The number of hydrogen-bond acceptors (Lipinski definition) is 8. The van der Waals surface area contributed by atoms with Gasteiger partial charge in [-0.05, 0) is 31.9 Å². The Morgan fingerprint density at radius 2 is 2.12 bits per heavy atom. The third-order valence-corrected chi connectivity index (χ3v) is 8.10. The van der Waals surface area contributed by atoms with Crippen molar-refractivity contribution in [3.05, 3.63) is 36.3 Å². The number of carboxylic acid groups (broad SMARTS) is 1. The molecule has 0 amide bonds. The van der Waals surface area contributed by atoms with Crippen LogP contribution in [0.15, 0.2) is 30.6 Å². The van der Waals surface area contributed by atoms with Crippen LogP contribution in [0.1, 0.15) is 25.5 Å². The van der Waals surface area contributed by atoms with Gasteiger partial charge >= 0.3 is 0 Å². The lowest BCUT2D eigenvalue weighted by Crippen LogP contribution is -2.44. The minimum atomic E-state index is -2.79. The number of rotatable bonds is 4. The molecule has 11 heteroatoms. The van der Waals surface area contributed by atoms with Crippen molar-refractivity contribution in [3.63, 3.8) is 0 Å². The zero-order valence-electron chi connectivity index (χ0n) is 17.9. The van der Waals surface area contributed by atoms with Gasteiger partial charge in [0.1, 0.15) is 11.5 Å². The van der Waals surface area contributed by atoms with Crippen LogP contribution in [0.25, 0.3) is 22.4 Å². The van der Waals surface area contributed by atoms with Crippen LogP contribution in [0.3, 0.4) is 0 Å². The van der Waals surface area contributed by atoms with Crippen molar-refractivity contribution in [3.8, 4) is 11.4 Å². The largest absolute Gasteiger partial charge is 0.483 e. The lowest BCUT2D eigenvalue weighted by atomic mass is 10.1. The van der Waals surface area contributed by atoms with Gasteiger partial charge in [0.05, 0.1) is 39.4 Å². The molecule has 1 aliphatic carbocycles. The zero-order valence-corrected chi connectivity index (χ0v) is 18.8. The van der Waals surface area contributed by atoms with E-state index in [2.05, 4.69) is 21.8 Å². The summed E-state index contributed by atoms with van der Waals surface area (Å²) in [5.74, 6) is 1.38. The van der Waals surface area contributed by atoms with Crippen LogP contribution in [-0.2, 0) is 24.0 Å². The molecule has 2 atom stereocenters. The Bertz CT molecular complexity index is 1240. The number of fused-ring (bicyclic) bond motifs is 1. The number of H-pyrrole nitrogens is 1. The molecular formula is C21H26N6O4S. The first-order valence-electron chi connectivity index (χ1n) is 10.3. The van der Waals surface area contributed by atoms with Crippen LogP contribution in [0.2, 0.25) is 0 Å². The number of ether oxygens (including phenoxy) is 1. The molecule has 1 aliphatic heterocycles. The second-order valence-corrected chi connectivity index (χ2v) is 10.6. The smallest absolute Gasteiger partial charge is 0.290 e. The van der Waals surface area contributed by atoms with Gasteiger partial charge in [0.15, 0.2) is 5.82 Å². The van der Waals surface area contributed by atoms with Crippen LogP contribution in [0, 0.1) is 4.78 Å². The maximum absolute atomic E-state index is 12.8. The molecule has 1 unspecified atom stereocenters. The fraction of sp³-hybridized carbons (Fsp3) is 0.429. The Balaban J connectivity index is 0.000000775. The number of nitrogens with one attached hydrogen (secondary N) is 2. The molecule has 1 saturated heterocycles. The van der Waals surface area contributed by atoms with Crippen LogP contribution in [-0.4, -0.2) is 67.8 Å². The average Bonchev–Trinajstić information content (AvgIpc) is 3.46. The molecular weight excluding hydrogens is 432 g/mol. The van der Waals surface area contributed by atoms with Crippen molar-refractivity contribution in [2.75, 3.05) is 30.9 Å². The molecule has 1 saturated carbocycles. The summed E-state index contributed by atoms with van der Waals surface area (Å²) in [6, 6.07) is 5.99. The number of aromatic nitrogens is 4. The molecule has 32 heavy (non-hydrogen) atoms. The van der Waals surface area contributed by atoms with Gasteiger partial charge in [-0.15, -0.1) is 0 Å². The van der Waals surface area contributed by atoms with Gasteiger partial charge in [-0.25, -0.2) is 19.2 Å². The minimum absolute atomic E-state index is 0.182. The maximum atomic E-state index is 12.8. The predicted octanol–water partition coefficient (Wildman–Crippen LogP) is 2.61. The van der Waals surface area contributed by atoms with Crippen LogP contribution >= 0.6 is 0 Å². The van der Waals surface area contributed by atoms with E-state index in [1.165, 1.54) is 6.26 Å². The molecule has 3 aromatic rings. The normalized spacial score (nSPS) is 21.3.